The first-order valence-electron chi connectivity index (χ1n) is 7.90. The van der Waals surface area contributed by atoms with E-state index in [-0.39, 0.29) is 43.7 Å². The van der Waals surface area contributed by atoms with Crippen LogP contribution in [-0.2, 0) is 14.4 Å². The summed E-state index contributed by atoms with van der Waals surface area (Å²) in [4.78, 5) is 36.2. The van der Waals surface area contributed by atoms with Gasteiger partial charge in [-0.1, -0.05) is 36.8 Å². The van der Waals surface area contributed by atoms with Gasteiger partial charge in [-0.15, -0.1) is 0 Å². The monoisotopic (exact) mass is 314 g/mol. The summed E-state index contributed by atoms with van der Waals surface area (Å²) in [6.07, 6.45) is 2.89. The second-order valence-corrected chi connectivity index (χ2v) is 5.62. The van der Waals surface area contributed by atoms with Crippen LogP contribution in [0.5, 0.6) is 0 Å². The van der Waals surface area contributed by atoms with Gasteiger partial charge >= 0.3 is 0 Å². The summed E-state index contributed by atoms with van der Waals surface area (Å²) in [5, 5.41) is 2.74. The average Bonchev–Trinajstić information content (AvgIpc) is 2.85. The molecule has 0 spiro atoms. The van der Waals surface area contributed by atoms with Crippen molar-refractivity contribution in [1.29, 1.82) is 0 Å². The molecule has 0 bridgehead atoms. The van der Waals surface area contributed by atoms with Gasteiger partial charge in [-0.25, -0.2) is 0 Å². The number of nitrogens with one attached hydrogen (secondary N) is 1. The molecule has 1 aromatic carbocycles. The number of allylic oxidation sites excluding steroid dienone is 1. The molecule has 1 fully saturated rings. The summed E-state index contributed by atoms with van der Waals surface area (Å²) in [5.74, 6) is -0.524. The van der Waals surface area contributed by atoms with Crippen molar-refractivity contribution in [2.45, 2.75) is 33.1 Å². The van der Waals surface area contributed by atoms with E-state index in [1.807, 2.05) is 38.1 Å². The number of aryl methyl sites for hydroxylation is 1. The number of rotatable bonds is 6. The van der Waals surface area contributed by atoms with Gasteiger partial charge in [0.05, 0.1) is 0 Å². The maximum Gasteiger partial charge on any atom is 0.244 e. The molecule has 1 aliphatic heterocycles. The fourth-order valence-corrected chi connectivity index (χ4v) is 2.53. The van der Waals surface area contributed by atoms with Crippen LogP contribution < -0.4 is 5.32 Å². The zero-order valence-corrected chi connectivity index (χ0v) is 13.6. The molecule has 0 aromatic heterocycles. The first-order valence-corrected chi connectivity index (χ1v) is 7.90. The van der Waals surface area contributed by atoms with Crippen LogP contribution in [-0.4, -0.2) is 35.7 Å². The second kappa shape index (κ2) is 7.72. The third-order valence-electron chi connectivity index (χ3n) is 3.90. The highest BCUT2D eigenvalue weighted by Gasteiger charge is 2.28. The quantitative estimate of drug-likeness (QED) is 0.645. The Morgan fingerprint density at radius 3 is 2.35 bits per heavy atom. The Balaban J connectivity index is 1.90. The van der Waals surface area contributed by atoms with Crippen LogP contribution in [0.1, 0.15) is 37.3 Å². The van der Waals surface area contributed by atoms with Gasteiger partial charge in [0.25, 0.3) is 0 Å². The lowest BCUT2D eigenvalue weighted by molar-refractivity contribution is -0.138. The van der Waals surface area contributed by atoms with E-state index in [9.17, 15) is 14.4 Å². The van der Waals surface area contributed by atoms with Crippen molar-refractivity contribution in [2.75, 3.05) is 13.1 Å². The summed E-state index contributed by atoms with van der Waals surface area (Å²) in [6.45, 7) is 4.54. The van der Waals surface area contributed by atoms with Crippen molar-refractivity contribution in [3.05, 3.63) is 41.5 Å². The molecule has 3 amide bonds. The standard InChI is InChI=1S/C18H22N2O3/c1-3-14(15-6-4-13(2)5-7-15)12-16(21)19-10-11-20-17(22)8-9-18(20)23/h4-7,12H,3,8-11H2,1-2H3,(H,19,21). The molecular weight excluding hydrogens is 292 g/mol. The molecule has 5 heteroatoms. The Kier molecular flexibility index (Phi) is 5.68. The van der Waals surface area contributed by atoms with Crippen LogP contribution >= 0.6 is 0 Å². The van der Waals surface area contributed by atoms with Gasteiger partial charge in [-0.3, -0.25) is 19.3 Å². The molecule has 23 heavy (non-hydrogen) atoms. The molecule has 5 nitrogen and oxygen atoms in total. The highest BCUT2D eigenvalue weighted by molar-refractivity contribution is 6.02. The van der Waals surface area contributed by atoms with Gasteiger partial charge in [-0.2, -0.15) is 0 Å². The predicted molar refractivity (Wildman–Crippen MR) is 88.4 cm³/mol. The van der Waals surface area contributed by atoms with E-state index < -0.39 is 0 Å². The SMILES string of the molecule is CCC(=CC(=O)NCCN1C(=O)CCC1=O)c1ccc(C)cc1. The van der Waals surface area contributed by atoms with Gasteiger partial charge in [0.15, 0.2) is 0 Å². The number of carbonyl (C=O) groups excluding carboxylic acids is 3. The van der Waals surface area contributed by atoms with E-state index >= 15 is 0 Å². The highest BCUT2D eigenvalue weighted by Crippen LogP contribution is 2.18. The Morgan fingerprint density at radius 1 is 1.17 bits per heavy atom. The molecule has 0 atom stereocenters. The minimum absolute atomic E-state index is 0.159. The fraction of sp³-hybridized carbons (Fsp3) is 0.389. The number of benzene rings is 1. The van der Waals surface area contributed by atoms with Crippen LogP contribution in [0, 0.1) is 6.92 Å². The molecule has 0 aliphatic carbocycles. The molecule has 1 aromatic rings. The molecule has 2 rings (SSSR count). The summed E-state index contributed by atoms with van der Waals surface area (Å²) in [5.41, 5.74) is 3.16. The second-order valence-electron chi connectivity index (χ2n) is 5.62. The Bertz CT molecular complexity index is 616. The summed E-state index contributed by atoms with van der Waals surface area (Å²) < 4.78 is 0. The number of carbonyl (C=O) groups is 3. The number of hydrogen-bond acceptors (Lipinski definition) is 3. The summed E-state index contributed by atoms with van der Waals surface area (Å²) >= 11 is 0. The number of imide groups is 1. The highest BCUT2D eigenvalue weighted by atomic mass is 16.2. The van der Waals surface area contributed by atoms with Crippen LogP contribution in [0.15, 0.2) is 30.3 Å². The van der Waals surface area contributed by atoms with Crippen molar-refractivity contribution < 1.29 is 14.4 Å². The maximum absolute atomic E-state index is 12.0. The third kappa shape index (κ3) is 4.52. The average molecular weight is 314 g/mol. The van der Waals surface area contributed by atoms with Crippen LogP contribution in [0.4, 0.5) is 0 Å². The Labute approximate surface area is 136 Å². The lowest BCUT2D eigenvalue weighted by atomic mass is 10.0. The van der Waals surface area contributed by atoms with E-state index in [0.717, 1.165) is 17.6 Å². The fourth-order valence-electron chi connectivity index (χ4n) is 2.53. The van der Waals surface area contributed by atoms with E-state index in [2.05, 4.69) is 5.32 Å². The zero-order chi connectivity index (χ0) is 16.8. The number of likely N-dealkylation sites (tertiary alicyclic amines) is 1. The molecule has 1 saturated heterocycles. The van der Waals surface area contributed by atoms with Crippen molar-refractivity contribution in [3.63, 3.8) is 0 Å². The number of hydrogen-bond donors (Lipinski definition) is 1. The molecule has 1 aliphatic rings. The largest absolute Gasteiger partial charge is 0.351 e. The Hall–Kier alpha value is -2.43. The Morgan fingerprint density at radius 2 is 1.78 bits per heavy atom. The van der Waals surface area contributed by atoms with Crippen LogP contribution in [0.25, 0.3) is 5.57 Å². The minimum atomic E-state index is -0.207. The van der Waals surface area contributed by atoms with Gasteiger partial charge in [0.1, 0.15) is 0 Å². The van der Waals surface area contributed by atoms with Crippen molar-refractivity contribution in [3.8, 4) is 0 Å². The molecule has 1 heterocycles. The zero-order valence-electron chi connectivity index (χ0n) is 13.6. The van der Waals surface area contributed by atoms with Crippen LogP contribution in [0.3, 0.4) is 0 Å². The molecule has 0 unspecified atom stereocenters. The normalized spacial score (nSPS) is 15.2. The maximum atomic E-state index is 12.0. The lowest BCUT2D eigenvalue weighted by Gasteiger charge is -2.13. The number of nitrogens with zero attached hydrogens (tertiary/aromatic N) is 1. The summed E-state index contributed by atoms with van der Waals surface area (Å²) in [7, 11) is 0. The first-order chi connectivity index (χ1) is 11.0. The van der Waals surface area contributed by atoms with Crippen molar-refractivity contribution >= 4 is 23.3 Å². The molecule has 0 saturated carbocycles. The van der Waals surface area contributed by atoms with Crippen molar-refractivity contribution in [1.82, 2.24) is 10.2 Å². The van der Waals surface area contributed by atoms with E-state index in [1.54, 1.807) is 6.08 Å². The van der Waals surface area contributed by atoms with E-state index in [0.29, 0.717) is 0 Å². The van der Waals surface area contributed by atoms with Gasteiger partial charge in [-0.05, 0) is 24.5 Å². The molecule has 1 N–H and O–H groups in total. The number of amides is 3. The van der Waals surface area contributed by atoms with E-state index in [4.69, 9.17) is 0 Å². The first kappa shape index (κ1) is 16.9. The topological polar surface area (TPSA) is 66.5 Å². The molecule has 122 valence electrons. The van der Waals surface area contributed by atoms with Crippen LogP contribution in [0.2, 0.25) is 0 Å². The third-order valence-corrected chi connectivity index (χ3v) is 3.90. The van der Waals surface area contributed by atoms with Gasteiger partial charge in [0, 0.05) is 32.0 Å². The van der Waals surface area contributed by atoms with Gasteiger partial charge in [0.2, 0.25) is 17.7 Å². The smallest absolute Gasteiger partial charge is 0.244 e. The molecule has 0 radical (unpaired) electrons. The van der Waals surface area contributed by atoms with E-state index in [1.165, 1.54) is 10.5 Å². The predicted octanol–water partition coefficient (Wildman–Crippen LogP) is 2.05. The van der Waals surface area contributed by atoms with Crippen molar-refractivity contribution in [2.24, 2.45) is 0 Å². The van der Waals surface area contributed by atoms with Gasteiger partial charge < -0.3 is 5.32 Å². The lowest BCUT2D eigenvalue weighted by Crippen LogP contribution is -2.37. The summed E-state index contributed by atoms with van der Waals surface area (Å²) in [6, 6.07) is 8.03. The molecular formula is C18H22N2O3. The minimum Gasteiger partial charge on any atom is -0.351 e.